The highest BCUT2D eigenvalue weighted by Gasteiger charge is 2.42. The number of rotatable bonds is 3. The molecule has 1 aromatic carbocycles. The number of nitrogens with zero attached hydrogens (tertiary/aromatic N) is 3. The van der Waals surface area contributed by atoms with E-state index in [0.717, 1.165) is 12.5 Å². The largest absolute Gasteiger partial charge is 0.478 e. The minimum absolute atomic E-state index is 0.0261. The van der Waals surface area contributed by atoms with E-state index in [1.54, 1.807) is 0 Å². The zero-order valence-corrected chi connectivity index (χ0v) is 11.1. The Labute approximate surface area is 117 Å². The van der Waals surface area contributed by atoms with Crippen LogP contribution in [-0.2, 0) is 16.6 Å². The molecule has 1 N–H and O–H groups in total. The maximum absolute atomic E-state index is 12.3. The molecule has 3 rings (SSSR count). The highest BCUT2D eigenvalue weighted by Crippen LogP contribution is 2.31. The highest BCUT2D eigenvalue weighted by atomic mass is 32.2. The van der Waals surface area contributed by atoms with Gasteiger partial charge in [0, 0.05) is 0 Å². The average Bonchev–Trinajstić information content (AvgIpc) is 3.01. The van der Waals surface area contributed by atoms with Crippen LogP contribution in [0.4, 0.5) is 0 Å². The van der Waals surface area contributed by atoms with Gasteiger partial charge in [-0.05, 0) is 18.2 Å². The second-order valence-electron chi connectivity index (χ2n) is 4.18. The van der Waals surface area contributed by atoms with E-state index in [0.29, 0.717) is 4.31 Å². The molecule has 1 amide bonds. The van der Waals surface area contributed by atoms with E-state index in [2.05, 4.69) is 14.7 Å². The lowest BCUT2D eigenvalue weighted by Gasteiger charge is -2.11. The minimum atomic E-state index is -4.13. The fourth-order valence-electron chi connectivity index (χ4n) is 1.95. The van der Waals surface area contributed by atoms with Crippen molar-refractivity contribution in [2.45, 2.75) is 11.4 Å². The second kappa shape index (κ2) is 4.38. The van der Waals surface area contributed by atoms with E-state index in [1.807, 2.05) is 0 Å². The van der Waals surface area contributed by atoms with Gasteiger partial charge in [0.05, 0.1) is 11.1 Å². The fourth-order valence-corrected chi connectivity index (χ4v) is 3.50. The van der Waals surface area contributed by atoms with Gasteiger partial charge in [-0.2, -0.15) is 4.98 Å². The minimum Gasteiger partial charge on any atom is -0.478 e. The van der Waals surface area contributed by atoms with E-state index < -0.39 is 21.9 Å². The fraction of sp³-hybridized carbons (Fsp3) is 0.0909. The third kappa shape index (κ3) is 1.96. The van der Waals surface area contributed by atoms with Crippen molar-refractivity contribution in [3.63, 3.8) is 0 Å². The van der Waals surface area contributed by atoms with Gasteiger partial charge in [-0.15, -0.1) is 0 Å². The van der Waals surface area contributed by atoms with Gasteiger partial charge in [-0.3, -0.25) is 4.79 Å². The Kier molecular flexibility index (Phi) is 2.76. The zero-order chi connectivity index (χ0) is 15.2. The van der Waals surface area contributed by atoms with Crippen LogP contribution in [-0.4, -0.2) is 39.8 Å². The van der Waals surface area contributed by atoms with Gasteiger partial charge < -0.3 is 9.63 Å². The maximum atomic E-state index is 12.3. The van der Waals surface area contributed by atoms with Crippen molar-refractivity contribution >= 4 is 21.9 Å². The summed E-state index contributed by atoms with van der Waals surface area (Å²) in [5.41, 5.74) is -0.296. The molecule has 0 fully saturated rings. The molecule has 108 valence electrons. The molecule has 0 spiro atoms. The van der Waals surface area contributed by atoms with E-state index in [1.165, 1.54) is 12.1 Å². The molecule has 0 aliphatic carbocycles. The molecule has 0 saturated heterocycles. The number of carbonyl (C=O) groups excluding carboxylic acids is 1. The molecule has 1 aliphatic rings. The summed E-state index contributed by atoms with van der Waals surface area (Å²) in [6, 6.07) is 3.31. The quantitative estimate of drug-likeness (QED) is 0.845. The van der Waals surface area contributed by atoms with Crippen LogP contribution in [0.2, 0.25) is 0 Å². The number of hydrogen-bond acceptors (Lipinski definition) is 7. The summed E-state index contributed by atoms with van der Waals surface area (Å²) in [6.45, 7) is -0.380. The lowest BCUT2D eigenvalue weighted by Crippen LogP contribution is -2.29. The van der Waals surface area contributed by atoms with E-state index in [9.17, 15) is 18.0 Å². The SMILES string of the molecule is O=C(O)c1ccc2c(c1)S(=O)(=O)N(Cc1ncon1)C2=O. The molecular formula is C11H7N3O6S. The molecular weight excluding hydrogens is 302 g/mol. The number of fused-ring (bicyclic) bond motifs is 1. The van der Waals surface area contributed by atoms with Crippen molar-refractivity contribution in [3.05, 3.63) is 41.5 Å². The zero-order valence-electron chi connectivity index (χ0n) is 10.3. The number of carboxylic acids is 1. The van der Waals surface area contributed by atoms with E-state index in [4.69, 9.17) is 5.11 Å². The van der Waals surface area contributed by atoms with Crippen LogP contribution in [0.5, 0.6) is 0 Å². The van der Waals surface area contributed by atoms with Gasteiger partial charge in [0.1, 0.15) is 11.4 Å². The van der Waals surface area contributed by atoms with Crippen molar-refractivity contribution in [1.82, 2.24) is 14.4 Å². The summed E-state index contributed by atoms with van der Waals surface area (Å²) < 4.78 is 29.7. The number of carbonyl (C=O) groups is 2. The van der Waals surface area contributed by atoms with Gasteiger partial charge in [0.15, 0.2) is 5.82 Å². The van der Waals surface area contributed by atoms with Crippen LogP contribution in [0.15, 0.2) is 34.0 Å². The van der Waals surface area contributed by atoms with Gasteiger partial charge in [-0.1, -0.05) is 5.16 Å². The lowest BCUT2D eigenvalue weighted by molar-refractivity contribution is 0.0695. The van der Waals surface area contributed by atoms with Crippen LogP contribution in [0.3, 0.4) is 0 Å². The van der Waals surface area contributed by atoms with Crippen molar-refractivity contribution in [2.75, 3.05) is 0 Å². The Hall–Kier alpha value is -2.75. The number of hydrogen-bond donors (Lipinski definition) is 1. The topological polar surface area (TPSA) is 131 Å². The third-order valence-corrected chi connectivity index (χ3v) is 4.71. The number of aromatic nitrogens is 2. The van der Waals surface area contributed by atoms with Crippen LogP contribution in [0.25, 0.3) is 0 Å². The van der Waals surface area contributed by atoms with Crippen molar-refractivity contribution in [1.29, 1.82) is 0 Å². The van der Waals surface area contributed by atoms with E-state index in [-0.39, 0.29) is 28.4 Å². The van der Waals surface area contributed by atoms with Crippen molar-refractivity contribution in [2.24, 2.45) is 0 Å². The predicted molar refractivity (Wildman–Crippen MR) is 64.8 cm³/mol. The molecule has 0 unspecified atom stereocenters. The van der Waals surface area contributed by atoms with Crippen LogP contribution in [0, 0.1) is 0 Å². The Morgan fingerprint density at radius 2 is 2.14 bits per heavy atom. The van der Waals surface area contributed by atoms with Gasteiger partial charge in [0.25, 0.3) is 15.9 Å². The molecule has 9 nitrogen and oxygen atoms in total. The number of benzene rings is 1. The Balaban J connectivity index is 2.08. The summed E-state index contributed by atoms with van der Waals surface area (Å²) in [5.74, 6) is -2.01. The summed E-state index contributed by atoms with van der Waals surface area (Å²) >= 11 is 0. The molecule has 0 atom stereocenters. The highest BCUT2D eigenvalue weighted by molar-refractivity contribution is 7.90. The average molecular weight is 309 g/mol. The second-order valence-corrected chi connectivity index (χ2v) is 6.01. The van der Waals surface area contributed by atoms with Crippen LogP contribution >= 0.6 is 0 Å². The number of aromatic carboxylic acids is 1. The molecule has 0 bridgehead atoms. The smallest absolute Gasteiger partial charge is 0.335 e. The van der Waals surface area contributed by atoms with Crippen molar-refractivity contribution in [3.8, 4) is 0 Å². The number of carboxylic acid groups (broad SMARTS) is 1. The lowest BCUT2D eigenvalue weighted by atomic mass is 10.1. The first-order chi connectivity index (χ1) is 9.91. The molecule has 21 heavy (non-hydrogen) atoms. The molecule has 1 aliphatic heterocycles. The van der Waals surface area contributed by atoms with E-state index >= 15 is 0 Å². The first kappa shape index (κ1) is 13.2. The summed E-state index contributed by atoms with van der Waals surface area (Å²) in [5, 5.41) is 12.3. The maximum Gasteiger partial charge on any atom is 0.335 e. The summed E-state index contributed by atoms with van der Waals surface area (Å²) in [6.07, 6.45) is 1.01. The Bertz CT molecular complexity index is 843. The molecule has 0 radical (unpaired) electrons. The summed E-state index contributed by atoms with van der Waals surface area (Å²) in [4.78, 5) is 26.4. The first-order valence-electron chi connectivity index (χ1n) is 5.61. The first-order valence-corrected chi connectivity index (χ1v) is 7.05. The van der Waals surface area contributed by atoms with Crippen LogP contribution in [0.1, 0.15) is 26.5 Å². The normalized spacial score (nSPS) is 16.0. The third-order valence-electron chi connectivity index (χ3n) is 2.95. The molecule has 10 heteroatoms. The van der Waals surface area contributed by atoms with Gasteiger partial charge in [0.2, 0.25) is 6.39 Å². The molecule has 0 saturated carbocycles. The van der Waals surface area contributed by atoms with Gasteiger partial charge >= 0.3 is 5.97 Å². The number of amides is 1. The molecule has 2 aromatic rings. The molecule has 1 aromatic heterocycles. The Morgan fingerprint density at radius 3 is 2.76 bits per heavy atom. The van der Waals surface area contributed by atoms with Crippen LogP contribution < -0.4 is 0 Å². The molecule has 2 heterocycles. The predicted octanol–water partition coefficient (Wildman–Crippen LogP) is 0.113. The Morgan fingerprint density at radius 1 is 1.38 bits per heavy atom. The summed E-state index contributed by atoms with van der Waals surface area (Å²) in [7, 11) is -4.13. The number of sulfonamides is 1. The standard InChI is InChI=1S/C11H7N3O6S/c15-10-7-2-1-6(11(16)17)3-8(7)21(18,19)14(10)4-9-12-5-20-13-9/h1-3,5H,4H2,(H,16,17). The van der Waals surface area contributed by atoms with Gasteiger partial charge in [-0.25, -0.2) is 17.5 Å². The van der Waals surface area contributed by atoms with Crippen molar-refractivity contribution < 1.29 is 27.6 Å². The monoisotopic (exact) mass is 309 g/mol.